The van der Waals surface area contributed by atoms with Gasteiger partial charge in [-0.05, 0) is 44.3 Å². The Morgan fingerprint density at radius 3 is 2.21 bits per heavy atom. The monoisotopic (exact) mass is 259 g/mol. The van der Waals surface area contributed by atoms with Crippen LogP contribution in [0.4, 0.5) is 0 Å². The standard InChI is InChI=1S/C17H25NO/c1-3-17(4-2,18-12-8-9-13-18)16(19)14-15-10-6-5-7-11-15/h5-7,10-11H,3-4,8-9,12-14H2,1-2H3. The van der Waals surface area contributed by atoms with Crippen molar-refractivity contribution in [1.82, 2.24) is 4.90 Å². The van der Waals surface area contributed by atoms with E-state index in [1.54, 1.807) is 0 Å². The van der Waals surface area contributed by atoms with Crippen molar-refractivity contribution in [2.75, 3.05) is 13.1 Å². The molecule has 2 heteroatoms. The van der Waals surface area contributed by atoms with Crippen LogP contribution in [0.15, 0.2) is 30.3 Å². The van der Waals surface area contributed by atoms with Crippen LogP contribution in [0, 0.1) is 0 Å². The summed E-state index contributed by atoms with van der Waals surface area (Å²) in [6.07, 6.45) is 4.89. The molecule has 0 bridgehead atoms. The van der Waals surface area contributed by atoms with Gasteiger partial charge in [-0.2, -0.15) is 0 Å². The Morgan fingerprint density at radius 2 is 1.68 bits per heavy atom. The van der Waals surface area contributed by atoms with Gasteiger partial charge in [-0.3, -0.25) is 9.69 Å². The lowest BCUT2D eigenvalue weighted by Crippen LogP contribution is -2.53. The fourth-order valence-electron chi connectivity index (χ4n) is 3.36. The van der Waals surface area contributed by atoms with Crippen molar-refractivity contribution < 1.29 is 4.79 Å². The second kappa shape index (κ2) is 6.33. The van der Waals surface area contributed by atoms with Gasteiger partial charge in [-0.25, -0.2) is 0 Å². The van der Waals surface area contributed by atoms with Gasteiger partial charge < -0.3 is 0 Å². The summed E-state index contributed by atoms with van der Waals surface area (Å²) in [4.78, 5) is 15.3. The number of nitrogens with zero attached hydrogens (tertiary/aromatic N) is 1. The number of carbonyl (C=O) groups excluding carboxylic acids is 1. The fraction of sp³-hybridized carbons (Fsp3) is 0.588. The lowest BCUT2D eigenvalue weighted by atomic mass is 9.83. The minimum Gasteiger partial charge on any atom is -0.297 e. The van der Waals surface area contributed by atoms with Gasteiger partial charge in [0.1, 0.15) is 0 Å². The zero-order valence-corrected chi connectivity index (χ0v) is 12.2. The first kappa shape index (κ1) is 14.3. The number of ketones is 1. The van der Waals surface area contributed by atoms with E-state index in [1.165, 1.54) is 12.8 Å². The maximum atomic E-state index is 12.8. The second-order valence-electron chi connectivity index (χ2n) is 5.52. The Kier molecular flexibility index (Phi) is 4.76. The van der Waals surface area contributed by atoms with Crippen LogP contribution < -0.4 is 0 Å². The van der Waals surface area contributed by atoms with E-state index in [9.17, 15) is 4.79 Å². The van der Waals surface area contributed by atoms with E-state index in [0.29, 0.717) is 12.2 Å². The van der Waals surface area contributed by atoms with Crippen LogP contribution in [0.25, 0.3) is 0 Å². The zero-order chi connectivity index (χ0) is 13.7. The van der Waals surface area contributed by atoms with Crippen molar-refractivity contribution in [2.45, 2.75) is 51.5 Å². The average molecular weight is 259 g/mol. The van der Waals surface area contributed by atoms with Crippen LogP contribution in [0.5, 0.6) is 0 Å². The van der Waals surface area contributed by atoms with Gasteiger partial charge in [-0.1, -0.05) is 44.2 Å². The summed E-state index contributed by atoms with van der Waals surface area (Å²) >= 11 is 0. The molecule has 0 aliphatic carbocycles. The van der Waals surface area contributed by atoms with Gasteiger partial charge in [0, 0.05) is 6.42 Å². The first-order valence-electron chi connectivity index (χ1n) is 7.55. The minimum absolute atomic E-state index is 0.230. The van der Waals surface area contributed by atoms with Gasteiger partial charge in [0.2, 0.25) is 0 Å². The second-order valence-corrected chi connectivity index (χ2v) is 5.52. The van der Waals surface area contributed by atoms with Gasteiger partial charge in [-0.15, -0.1) is 0 Å². The molecule has 1 aliphatic rings. The topological polar surface area (TPSA) is 20.3 Å². The van der Waals surface area contributed by atoms with E-state index >= 15 is 0 Å². The molecule has 0 radical (unpaired) electrons. The van der Waals surface area contributed by atoms with Gasteiger partial charge in [0.05, 0.1) is 5.54 Å². The largest absolute Gasteiger partial charge is 0.297 e. The molecule has 19 heavy (non-hydrogen) atoms. The van der Waals surface area contributed by atoms with E-state index < -0.39 is 0 Å². The highest BCUT2D eigenvalue weighted by Crippen LogP contribution is 2.30. The van der Waals surface area contributed by atoms with E-state index in [-0.39, 0.29) is 5.54 Å². The summed E-state index contributed by atoms with van der Waals surface area (Å²) in [5.74, 6) is 0.394. The lowest BCUT2D eigenvalue weighted by Gasteiger charge is -2.39. The Hall–Kier alpha value is -1.15. The van der Waals surface area contributed by atoms with Crippen LogP contribution in [0.3, 0.4) is 0 Å². The van der Waals surface area contributed by atoms with Crippen molar-refractivity contribution in [3.63, 3.8) is 0 Å². The molecule has 0 aromatic heterocycles. The maximum Gasteiger partial charge on any atom is 0.157 e. The van der Waals surface area contributed by atoms with Crippen LogP contribution >= 0.6 is 0 Å². The number of benzene rings is 1. The average Bonchev–Trinajstić information content (AvgIpc) is 2.96. The summed E-state index contributed by atoms with van der Waals surface area (Å²) in [6, 6.07) is 10.1. The van der Waals surface area contributed by atoms with Crippen molar-refractivity contribution in [3.05, 3.63) is 35.9 Å². The summed E-state index contributed by atoms with van der Waals surface area (Å²) in [7, 11) is 0. The predicted octanol–water partition coefficient (Wildman–Crippen LogP) is 3.45. The third-order valence-electron chi connectivity index (χ3n) is 4.61. The molecule has 0 atom stereocenters. The number of hydrogen-bond donors (Lipinski definition) is 0. The number of carbonyl (C=O) groups is 1. The van der Waals surface area contributed by atoms with Crippen molar-refractivity contribution in [3.8, 4) is 0 Å². The number of likely N-dealkylation sites (tertiary alicyclic amines) is 1. The normalized spacial score (nSPS) is 16.7. The number of rotatable bonds is 6. The molecule has 0 saturated carbocycles. The highest BCUT2D eigenvalue weighted by atomic mass is 16.1. The van der Waals surface area contributed by atoms with Crippen LogP contribution in [0.1, 0.15) is 45.1 Å². The molecule has 1 aliphatic heterocycles. The number of hydrogen-bond acceptors (Lipinski definition) is 2. The minimum atomic E-state index is -0.230. The van der Waals surface area contributed by atoms with E-state index in [1.807, 2.05) is 18.2 Å². The van der Waals surface area contributed by atoms with Crippen LogP contribution in [-0.2, 0) is 11.2 Å². The Balaban J connectivity index is 2.16. The van der Waals surface area contributed by atoms with E-state index in [4.69, 9.17) is 0 Å². The lowest BCUT2D eigenvalue weighted by molar-refractivity contribution is -0.130. The van der Waals surface area contributed by atoms with Crippen molar-refractivity contribution in [2.24, 2.45) is 0 Å². The van der Waals surface area contributed by atoms with E-state index in [2.05, 4.69) is 30.9 Å². The molecule has 104 valence electrons. The maximum absolute atomic E-state index is 12.8. The predicted molar refractivity (Wildman–Crippen MR) is 79.3 cm³/mol. The summed E-state index contributed by atoms with van der Waals surface area (Å²) in [5.41, 5.74) is 0.907. The molecular formula is C17H25NO. The molecule has 1 fully saturated rings. The fourth-order valence-corrected chi connectivity index (χ4v) is 3.36. The molecule has 1 aromatic carbocycles. The van der Waals surface area contributed by atoms with Gasteiger partial charge in [0.15, 0.2) is 5.78 Å². The van der Waals surface area contributed by atoms with E-state index in [0.717, 1.165) is 31.5 Å². The summed E-state index contributed by atoms with van der Waals surface area (Å²) < 4.78 is 0. The SMILES string of the molecule is CCC(CC)(C(=O)Cc1ccccc1)N1CCCC1. The molecule has 2 nitrogen and oxygen atoms in total. The molecule has 0 unspecified atom stereocenters. The molecule has 1 aromatic rings. The molecule has 0 amide bonds. The van der Waals surface area contributed by atoms with Crippen molar-refractivity contribution in [1.29, 1.82) is 0 Å². The summed E-state index contributed by atoms with van der Waals surface area (Å²) in [6.45, 7) is 6.49. The molecule has 1 heterocycles. The van der Waals surface area contributed by atoms with Crippen LogP contribution in [-0.4, -0.2) is 29.3 Å². The van der Waals surface area contributed by atoms with Crippen LogP contribution in [0.2, 0.25) is 0 Å². The quantitative estimate of drug-likeness (QED) is 0.780. The highest BCUT2D eigenvalue weighted by molar-refractivity contribution is 5.90. The third-order valence-corrected chi connectivity index (χ3v) is 4.61. The molecular weight excluding hydrogens is 234 g/mol. The van der Waals surface area contributed by atoms with Gasteiger partial charge in [0.25, 0.3) is 0 Å². The molecule has 2 rings (SSSR count). The first-order valence-corrected chi connectivity index (χ1v) is 7.55. The van der Waals surface area contributed by atoms with Gasteiger partial charge >= 0.3 is 0 Å². The Bertz CT molecular complexity index is 403. The highest BCUT2D eigenvalue weighted by Gasteiger charge is 2.41. The Morgan fingerprint density at radius 1 is 1.11 bits per heavy atom. The number of Topliss-reactive ketones (excluding diaryl/α,β-unsaturated/α-hetero) is 1. The molecule has 0 spiro atoms. The summed E-state index contributed by atoms with van der Waals surface area (Å²) in [5, 5.41) is 0. The van der Waals surface area contributed by atoms with Crippen molar-refractivity contribution >= 4 is 5.78 Å². The molecule has 0 N–H and O–H groups in total. The molecule has 1 saturated heterocycles. The smallest absolute Gasteiger partial charge is 0.157 e. The zero-order valence-electron chi connectivity index (χ0n) is 12.2. The first-order chi connectivity index (χ1) is 9.23. The third kappa shape index (κ3) is 2.89. The Labute approximate surface area is 116 Å².